The third kappa shape index (κ3) is 2.33. The molecule has 1 atom stereocenters. The molecule has 0 saturated carbocycles. The second-order valence-corrected chi connectivity index (χ2v) is 5.68. The number of aromatic nitrogens is 1. The first-order chi connectivity index (χ1) is 9.59. The zero-order chi connectivity index (χ0) is 14.2. The van der Waals surface area contributed by atoms with Crippen LogP contribution in [-0.2, 0) is 0 Å². The van der Waals surface area contributed by atoms with Crippen LogP contribution in [0.15, 0.2) is 30.3 Å². The molecule has 2 heterocycles. The number of rotatable bonds is 1. The highest BCUT2D eigenvalue weighted by atomic mass is 16.3. The van der Waals surface area contributed by atoms with Crippen LogP contribution >= 0.6 is 0 Å². The lowest BCUT2D eigenvalue weighted by Gasteiger charge is -2.37. The van der Waals surface area contributed by atoms with Gasteiger partial charge in [-0.25, -0.2) is 4.98 Å². The van der Waals surface area contributed by atoms with Gasteiger partial charge in [-0.1, -0.05) is 18.2 Å². The van der Waals surface area contributed by atoms with Crippen LogP contribution in [0.3, 0.4) is 0 Å². The monoisotopic (exact) mass is 267 g/mol. The minimum atomic E-state index is -0.682. The van der Waals surface area contributed by atoms with E-state index in [0.29, 0.717) is 12.1 Å². The van der Waals surface area contributed by atoms with Gasteiger partial charge in [0, 0.05) is 18.5 Å². The van der Waals surface area contributed by atoms with Crippen molar-refractivity contribution in [2.75, 3.05) is 18.0 Å². The maximum Gasteiger partial charge on any atom is 0.130 e. The van der Waals surface area contributed by atoms with Gasteiger partial charge in [-0.15, -0.1) is 0 Å². The van der Waals surface area contributed by atoms with Gasteiger partial charge in [-0.05, 0) is 31.9 Å². The molecular formula is C16H17N3O. The number of nitriles is 1. The topological polar surface area (TPSA) is 60.1 Å². The Balaban J connectivity index is 2.06. The fourth-order valence-corrected chi connectivity index (χ4v) is 2.83. The van der Waals surface area contributed by atoms with Crippen molar-refractivity contribution in [3.05, 3.63) is 35.9 Å². The summed E-state index contributed by atoms with van der Waals surface area (Å²) in [5.74, 6) is 0.778. The lowest BCUT2D eigenvalue weighted by atomic mass is 9.95. The predicted molar refractivity (Wildman–Crippen MR) is 78.5 cm³/mol. The molecule has 1 aliphatic rings. The molecule has 1 saturated heterocycles. The van der Waals surface area contributed by atoms with E-state index in [1.807, 2.05) is 37.3 Å². The summed E-state index contributed by atoms with van der Waals surface area (Å²) in [5, 5.41) is 20.4. The molecule has 0 aliphatic carbocycles. The summed E-state index contributed by atoms with van der Waals surface area (Å²) < 4.78 is 0. The first-order valence-electron chi connectivity index (χ1n) is 6.86. The van der Waals surface area contributed by atoms with Crippen LogP contribution in [0.5, 0.6) is 0 Å². The lowest BCUT2D eigenvalue weighted by Crippen LogP contribution is -2.46. The molecule has 4 nitrogen and oxygen atoms in total. The second-order valence-electron chi connectivity index (χ2n) is 5.68. The molecule has 2 aromatic rings. The van der Waals surface area contributed by atoms with E-state index in [-0.39, 0.29) is 0 Å². The average molecular weight is 267 g/mol. The van der Waals surface area contributed by atoms with Crippen molar-refractivity contribution in [1.29, 1.82) is 5.26 Å². The lowest BCUT2D eigenvalue weighted by molar-refractivity contribution is 0.0447. The number of fused-ring (bicyclic) bond motifs is 1. The predicted octanol–water partition coefficient (Wildman–Crippen LogP) is 2.46. The summed E-state index contributed by atoms with van der Waals surface area (Å²) in [6.45, 7) is 3.28. The molecule has 0 radical (unpaired) electrons. The quantitative estimate of drug-likeness (QED) is 0.862. The highest BCUT2D eigenvalue weighted by molar-refractivity contribution is 5.86. The second kappa shape index (κ2) is 4.77. The maximum absolute atomic E-state index is 10.2. The standard InChI is InChI=1S/C16H17N3O/c1-16(20)7-4-8-19(11-16)15-9-12(10-17)13-5-2-3-6-14(13)18-15/h2-3,5-6,9,20H,4,7-8,11H2,1H3. The molecular weight excluding hydrogens is 250 g/mol. The number of piperidine rings is 1. The van der Waals surface area contributed by atoms with Gasteiger partial charge in [-0.2, -0.15) is 5.26 Å². The number of pyridine rings is 1. The minimum absolute atomic E-state index is 0.559. The molecule has 20 heavy (non-hydrogen) atoms. The smallest absolute Gasteiger partial charge is 0.130 e. The summed E-state index contributed by atoms with van der Waals surface area (Å²) >= 11 is 0. The van der Waals surface area contributed by atoms with Crippen LogP contribution in [0.4, 0.5) is 5.82 Å². The third-order valence-electron chi connectivity index (χ3n) is 3.82. The van der Waals surface area contributed by atoms with Crippen LogP contribution in [-0.4, -0.2) is 28.8 Å². The summed E-state index contributed by atoms with van der Waals surface area (Å²) in [6, 6.07) is 11.7. The summed E-state index contributed by atoms with van der Waals surface area (Å²) in [7, 11) is 0. The summed E-state index contributed by atoms with van der Waals surface area (Å²) in [4.78, 5) is 6.70. The van der Waals surface area contributed by atoms with Gasteiger partial charge >= 0.3 is 0 Å². The van der Waals surface area contributed by atoms with Gasteiger partial charge in [0.25, 0.3) is 0 Å². The number of nitrogens with zero attached hydrogens (tertiary/aromatic N) is 3. The van der Waals surface area contributed by atoms with E-state index < -0.39 is 5.60 Å². The number of β-amino-alcohol motifs (C(OH)–C–C–N with tert-alkyl or cyclic N) is 1. The molecule has 1 unspecified atom stereocenters. The molecule has 0 bridgehead atoms. The van der Waals surface area contributed by atoms with Crippen LogP contribution in [0, 0.1) is 11.3 Å². The zero-order valence-corrected chi connectivity index (χ0v) is 11.5. The number of anilines is 1. The molecule has 0 amide bonds. The van der Waals surface area contributed by atoms with E-state index >= 15 is 0 Å². The molecule has 1 aliphatic heterocycles. The first kappa shape index (κ1) is 12.9. The molecule has 4 heteroatoms. The van der Waals surface area contributed by atoms with E-state index in [2.05, 4.69) is 16.0 Å². The van der Waals surface area contributed by atoms with Crippen LogP contribution in [0.1, 0.15) is 25.3 Å². The number of hydrogen-bond acceptors (Lipinski definition) is 4. The van der Waals surface area contributed by atoms with Gasteiger partial charge in [0.2, 0.25) is 0 Å². The van der Waals surface area contributed by atoms with Gasteiger partial charge in [0.1, 0.15) is 5.82 Å². The Hall–Kier alpha value is -2.12. The Morgan fingerprint density at radius 1 is 1.40 bits per heavy atom. The number of para-hydroxylation sites is 1. The van der Waals surface area contributed by atoms with Crippen LogP contribution < -0.4 is 4.90 Å². The van der Waals surface area contributed by atoms with Gasteiger partial charge in [0.05, 0.1) is 22.8 Å². The van der Waals surface area contributed by atoms with Gasteiger partial charge < -0.3 is 10.0 Å². The van der Waals surface area contributed by atoms with Crippen molar-refractivity contribution in [2.45, 2.75) is 25.4 Å². The number of benzene rings is 1. The highest BCUT2D eigenvalue weighted by Crippen LogP contribution is 2.27. The Morgan fingerprint density at radius 3 is 2.95 bits per heavy atom. The third-order valence-corrected chi connectivity index (χ3v) is 3.82. The minimum Gasteiger partial charge on any atom is -0.388 e. The zero-order valence-electron chi connectivity index (χ0n) is 11.5. The van der Waals surface area contributed by atoms with E-state index in [1.54, 1.807) is 0 Å². The molecule has 1 aromatic carbocycles. The van der Waals surface area contributed by atoms with E-state index in [9.17, 15) is 10.4 Å². The Morgan fingerprint density at radius 2 is 2.20 bits per heavy atom. The van der Waals surface area contributed by atoms with Crippen molar-refractivity contribution >= 4 is 16.7 Å². The van der Waals surface area contributed by atoms with E-state index in [0.717, 1.165) is 36.1 Å². The highest BCUT2D eigenvalue weighted by Gasteiger charge is 2.29. The van der Waals surface area contributed by atoms with E-state index in [4.69, 9.17) is 0 Å². The maximum atomic E-state index is 10.2. The molecule has 1 N–H and O–H groups in total. The normalized spacial score (nSPS) is 22.8. The van der Waals surface area contributed by atoms with Crippen molar-refractivity contribution in [3.8, 4) is 6.07 Å². The SMILES string of the molecule is CC1(O)CCCN(c2cc(C#N)c3ccccc3n2)C1. The van der Waals surface area contributed by atoms with Gasteiger partial charge in [-0.3, -0.25) is 0 Å². The largest absolute Gasteiger partial charge is 0.388 e. The van der Waals surface area contributed by atoms with Crippen molar-refractivity contribution in [1.82, 2.24) is 4.98 Å². The van der Waals surface area contributed by atoms with Crippen molar-refractivity contribution < 1.29 is 5.11 Å². The molecule has 3 rings (SSSR count). The molecule has 102 valence electrons. The number of aliphatic hydroxyl groups is 1. The summed E-state index contributed by atoms with van der Waals surface area (Å²) in [5.41, 5.74) is 0.779. The molecule has 1 fully saturated rings. The van der Waals surface area contributed by atoms with E-state index in [1.165, 1.54) is 0 Å². The van der Waals surface area contributed by atoms with Crippen molar-refractivity contribution in [2.24, 2.45) is 0 Å². The Kier molecular flexibility index (Phi) is 3.07. The molecule has 0 spiro atoms. The Bertz CT molecular complexity index is 688. The summed E-state index contributed by atoms with van der Waals surface area (Å²) in [6.07, 6.45) is 1.74. The van der Waals surface area contributed by atoms with Crippen molar-refractivity contribution in [3.63, 3.8) is 0 Å². The first-order valence-corrected chi connectivity index (χ1v) is 6.86. The fraction of sp³-hybridized carbons (Fsp3) is 0.375. The van der Waals surface area contributed by atoms with Crippen LogP contribution in [0.2, 0.25) is 0 Å². The average Bonchev–Trinajstić information content (AvgIpc) is 2.45. The van der Waals surface area contributed by atoms with Crippen LogP contribution in [0.25, 0.3) is 10.9 Å². The molecule has 1 aromatic heterocycles. The fourth-order valence-electron chi connectivity index (χ4n) is 2.83. The number of hydrogen-bond donors (Lipinski definition) is 1. The Labute approximate surface area is 118 Å². The van der Waals surface area contributed by atoms with Gasteiger partial charge in [0.15, 0.2) is 0 Å².